The zero-order chi connectivity index (χ0) is 20.1. The standard InChI is InChI=1S/C22H31N3O3/c1-3-14-24(15-18-10-8-17(2)9-11-18)19(26)16-25-20(27)22(23-21(25)28)12-6-4-5-7-13-22/h8-11H,3-7,12-16H2,1-2H3,(H,23,28). The molecule has 1 spiro atoms. The van der Waals surface area contributed by atoms with Crippen LogP contribution in [-0.4, -0.2) is 46.3 Å². The van der Waals surface area contributed by atoms with Crippen LogP contribution in [0, 0.1) is 6.92 Å². The van der Waals surface area contributed by atoms with Gasteiger partial charge in [-0.3, -0.25) is 14.5 Å². The van der Waals surface area contributed by atoms with Crippen molar-refractivity contribution in [2.45, 2.75) is 70.9 Å². The number of hydrogen-bond acceptors (Lipinski definition) is 3. The van der Waals surface area contributed by atoms with E-state index in [1.54, 1.807) is 4.90 Å². The molecule has 1 aromatic carbocycles. The van der Waals surface area contributed by atoms with Gasteiger partial charge in [0, 0.05) is 13.1 Å². The van der Waals surface area contributed by atoms with Gasteiger partial charge in [-0.2, -0.15) is 0 Å². The third-order valence-corrected chi connectivity index (χ3v) is 5.84. The van der Waals surface area contributed by atoms with Gasteiger partial charge in [0.25, 0.3) is 5.91 Å². The number of benzene rings is 1. The van der Waals surface area contributed by atoms with Gasteiger partial charge < -0.3 is 10.2 Å². The fraction of sp³-hybridized carbons (Fsp3) is 0.591. The van der Waals surface area contributed by atoms with Crippen LogP contribution >= 0.6 is 0 Å². The number of nitrogens with one attached hydrogen (secondary N) is 1. The SMILES string of the molecule is CCCN(Cc1ccc(C)cc1)C(=O)CN1C(=O)NC2(CCCCCC2)C1=O. The summed E-state index contributed by atoms with van der Waals surface area (Å²) in [6, 6.07) is 7.65. The molecule has 0 aromatic heterocycles. The van der Waals surface area contributed by atoms with Crippen molar-refractivity contribution in [1.82, 2.24) is 15.1 Å². The van der Waals surface area contributed by atoms with Gasteiger partial charge in [0.1, 0.15) is 12.1 Å². The Morgan fingerprint density at radius 3 is 2.36 bits per heavy atom. The van der Waals surface area contributed by atoms with Crippen molar-refractivity contribution in [1.29, 1.82) is 0 Å². The Morgan fingerprint density at radius 1 is 1.11 bits per heavy atom. The van der Waals surface area contributed by atoms with E-state index in [1.165, 1.54) is 5.56 Å². The van der Waals surface area contributed by atoms with Crippen LogP contribution in [0.3, 0.4) is 0 Å². The summed E-state index contributed by atoms with van der Waals surface area (Å²) < 4.78 is 0. The maximum Gasteiger partial charge on any atom is 0.325 e. The largest absolute Gasteiger partial charge is 0.337 e. The minimum atomic E-state index is -0.791. The Hall–Kier alpha value is -2.37. The maximum absolute atomic E-state index is 13.0. The van der Waals surface area contributed by atoms with E-state index >= 15 is 0 Å². The van der Waals surface area contributed by atoms with E-state index in [4.69, 9.17) is 0 Å². The lowest BCUT2D eigenvalue weighted by molar-refractivity contribution is -0.139. The molecule has 1 N–H and O–H groups in total. The molecule has 0 unspecified atom stereocenters. The molecule has 152 valence electrons. The van der Waals surface area contributed by atoms with E-state index in [-0.39, 0.29) is 18.4 Å². The average Bonchev–Trinajstić information content (AvgIpc) is 2.84. The molecule has 1 aromatic rings. The summed E-state index contributed by atoms with van der Waals surface area (Å²) in [5.74, 6) is -0.406. The van der Waals surface area contributed by atoms with Gasteiger partial charge in [0.2, 0.25) is 5.91 Å². The minimum Gasteiger partial charge on any atom is -0.337 e. The first-order chi connectivity index (χ1) is 13.4. The topological polar surface area (TPSA) is 69.7 Å². The predicted octanol–water partition coefficient (Wildman–Crippen LogP) is 3.38. The van der Waals surface area contributed by atoms with Crippen LogP contribution in [0.25, 0.3) is 0 Å². The zero-order valence-electron chi connectivity index (χ0n) is 17.0. The first-order valence-electron chi connectivity index (χ1n) is 10.4. The zero-order valence-corrected chi connectivity index (χ0v) is 17.0. The van der Waals surface area contributed by atoms with Gasteiger partial charge in [-0.1, -0.05) is 62.4 Å². The molecule has 0 bridgehead atoms. The third-order valence-electron chi connectivity index (χ3n) is 5.84. The van der Waals surface area contributed by atoms with Crippen molar-refractivity contribution in [2.24, 2.45) is 0 Å². The van der Waals surface area contributed by atoms with Crippen molar-refractivity contribution in [3.8, 4) is 0 Å². The van der Waals surface area contributed by atoms with Gasteiger partial charge in [-0.05, 0) is 31.7 Å². The molecular weight excluding hydrogens is 354 g/mol. The van der Waals surface area contributed by atoms with E-state index in [9.17, 15) is 14.4 Å². The Bertz CT molecular complexity index is 721. The highest BCUT2D eigenvalue weighted by atomic mass is 16.2. The third kappa shape index (κ3) is 4.37. The number of urea groups is 1. The summed E-state index contributed by atoms with van der Waals surface area (Å²) in [5.41, 5.74) is 1.43. The van der Waals surface area contributed by atoms with Crippen LogP contribution in [0.15, 0.2) is 24.3 Å². The molecule has 0 radical (unpaired) electrons. The van der Waals surface area contributed by atoms with Crippen LogP contribution in [-0.2, 0) is 16.1 Å². The quantitative estimate of drug-likeness (QED) is 0.763. The van der Waals surface area contributed by atoms with E-state index in [0.29, 0.717) is 25.9 Å². The maximum atomic E-state index is 13.0. The monoisotopic (exact) mass is 385 g/mol. The van der Waals surface area contributed by atoms with Crippen molar-refractivity contribution >= 4 is 17.8 Å². The van der Waals surface area contributed by atoms with Crippen LogP contribution in [0.4, 0.5) is 4.79 Å². The van der Waals surface area contributed by atoms with Gasteiger partial charge in [-0.25, -0.2) is 4.79 Å². The first-order valence-corrected chi connectivity index (χ1v) is 10.4. The minimum absolute atomic E-state index is 0.182. The molecule has 2 fully saturated rings. The molecule has 1 heterocycles. The normalized spacial score (nSPS) is 18.9. The molecule has 2 aliphatic rings. The number of nitrogens with zero attached hydrogens (tertiary/aromatic N) is 2. The highest BCUT2D eigenvalue weighted by Gasteiger charge is 2.51. The number of imide groups is 1. The number of hydrogen-bond donors (Lipinski definition) is 1. The lowest BCUT2D eigenvalue weighted by Crippen LogP contribution is -2.47. The van der Waals surface area contributed by atoms with E-state index in [0.717, 1.165) is 42.6 Å². The Kier molecular flexibility index (Phi) is 6.37. The lowest BCUT2D eigenvalue weighted by atomic mass is 9.90. The van der Waals surface area contributed by atoms with Crippen molar-refractivity contribution < 1.29 is 14.4 Å². The summed E-state index contributed by atoms with van der Waals surface area (Å²) >= 11 is 0. The summed E-state index contributed by atoms with van der Waals surface area (Å²) in [4.78, 5) is 41.3. The molecule has 1 saturated carbocycles. The second-order valence-corrected chi connectivity index (χ2v) is 8.12. The van der Waals surface area contributed by atoms with Crippen LogP contribution in [0.1, 0.15) is 63.0 Å². The van der Waals surface area contributed by atoms with Crippen molar-refractivity contribution in [2.75, 3.05) is 13.1 Å². The number of carbonyl (C=O) groups is 3. The molecule has 3 rings (SSSR count). The van der Waals surface area contributed by atoms with E-state index < -0.39 is 11.6 Å². The molecule has 6 nitrogen and oxygen atoms in total. The van der Waals surface area contributed by atoms with Gasteiger partial charge in [0.05, 0.1) is 0 Å². The summed E-state index contributed by atoms with van der Waals surface area (Å²) in [6.07, 6.45) is 6.21. The average molecular weight is 386 g/mol. The summed E-state index contributed by atoms with van der Waals surface area (Å²) in [6.45, 7) is 4.95. The van der Waals surface area contributed by atoms with Gasteiger partial charge in [0.15, 0.2) is 0 Å². The number of rotatable bonds is 6. The van der Waals surface area contributed by atoms with Crippen molar-refractivity contribution in [3.05, 3.63) is 35.4 Å². The first kappa shape index (κ1) is 20.4. The second kappa shape index (κ2) is 8.76. The smallest absolute Gasteiger partial charge is 0.325 e. The number of aryl methyl sites for hydroxylation is 1. The Morgan fingerprint density at radius 2 is 1.75 bits per heavy atom. The lowest BCUT2D eigenvalue weighted by Gasteiger charge is -2.26. The van der Waals surface area contributed by atoms with Gasteiger partial charge >= 0.3 is 6.03 Å². The van der Waals surface area contributed by atoms with Gasteiger partial charge in [-0.15, -0.1) is 0 Å². The van der Waals surface area contributed by atoms with Crippen molar-refractivity contribution in [3.63, 3.8) is 0 Å². The molecule has 1 aliphatic heterocycles. The molecule has 28 heavy (non-hydrogen) atoms. The second-order valence-electron chi connectivity index (χ2n) is 8.12. The fourth-order valence-corrected chi connectivity index (χ4v) is 4.20. The molecule has 4 amide bonds. The predicted molar refractivity (Wildman–Crippen MR) is 108 cm³/mol. The summed E-state index contributed by atoms with van der Waals surface area (Å²) in [5, 5.41) is 2.91. The van der Waals surface area contributed by atoms with E-state index in [1.807, 2.05) is 38.1 Å². The molecule has 6 heteroatoms. The highest BCUT2D eigenvalue weighted by Crippen LogP contribution is 2.32. The molecule has 1 aliphatic carbocycles. The molecule has 1 saturated heterocycles. The van der Waals surface area contributed by atoms with Crippen LogP contribution in [0.2, 0.25) is 0 Å². The van der Waals surface area contributed by atoms with Crippen LogP contribution < -0.4 is 5.32 Å². The Balaban J connectivity index is 1.69. The molecule has 0 atom stereocenters. The summed E-state index contributed by atoms with van der Waals surface area (Å²) in [7, 11) is 0. The Labute approximate surface area is 167 Å². The number of carbonyl (C=O) groups excluding carboxylic acids is 3. The highest BCUT2D eigenvalue weighted by molar-refractivity contribution is 6.09. The molecular formula is C22H31N3O3. The van der Waals surface area contributed by atoms with E-state index in [2.05, 4.69) is 5.32 Å². The number of amides is 4. The fourth-order valence-electron chi connectivity index (χ4n) is 4.20. The van der Waals surface area contributed by atoms with Crippen LogP contribution in [0.5, 0.6) is 0 Å².